The first kappa shape index (κ1) is 7.27. The zero-order valence-electron chi connectivity index (χ0n) is 4.94. The molecule has 0 unspecified atom stereocenters. The van der Waals surface area contributed by atoms with E-state index in [1.54, 1.807) is 0 Å². The zero-order valence-corrected chi connectivity index (χ0v) is 4.94. The molecule has 0 aliphatic carbocycles. The molecule has 3 heteroatoms. The molecule has 3 nitrogen and oxygen atoms in total. The summed E-state index contributed by atoms with van der Waals surface area (Å²) in [6.07, 6.45) is 0.224. The summed E-state index contributed by atoms with van der Waals surface area (Å²) in [5.41, 5.74) is 0. The van der Waals surface area contributed by atoms with Crippen LogP contribution in [0.25, 0.3) is 0 Å². The minimum Gasteiger partial charge on any atom is -0.450 e. The second-order valence-electron chi connectivity index (χ2n) is 1.24. The largest absolute Gasteiger partial charge is 0.450 e. The molecule has 1 amide bonds. The molecule has 1 radical (unpaired) electrons. The Kier molecular flexibility index (Phi) is 4.03. The summed E-state index contributed by atoms with van der Waals surface area (Å²) in [6, 6.07) is 0. The van der Waals surface area contributed by atoms with Crippen molar-refractivity contribution in [1.29, 1.82) is 0 Å². The Bertz CT molecular complexity index is 72.8. The third-order valence-corrected chi connectivity index (χ3v) is 0.582. The normalized spacial score (nSPS) is 8.25. The van der Waals surface area contributed by atoms with Crippen LogP contribution in [0.5, 0.6) is 0 Å². The highest BCUT2D eigenvalue weighted by molar-refractivity contribution is 5.66. The lowest BCUT2D eigenvalue weighted by Crippen LogP contribution is -2.19. The van der Waals surface area contributed by atoms with Gasteiger partial charge >= 0.3 is 6.09 Å². The van der Waals surface area contributed by atoms with E-state index in [-0.39, 0.29) is 0 Å². The van der Waals surface area contributed by atoms with Crippen LogP contribution in [0, 0.1) is 6.92 Å². The number of hydrogen-bond acceptors (Lipinski definition) is 2. The lowest BCUT2D eigenvalue weighted by atomic mass is 10.5. The minimum atomic E-state index is -0.395. The number of nitrogens with one attached hydrogen (secondary N) is 1. The molecule has 0 spiro atoms. The van der Waals surface area contributed by atoms with Crippen molar-refractivity contribution in [3.8, 4) is 0 Å². The van der Waals surface area contributed by atoms with E-state index in [2.05, 4.69) is 17.0 Å². The van der Waals surface area contributed by atoms with Crippen LogP contribution in [0.3, 0.4) is 0 Å². The molecule has 0 aromatic carbocycles. The van der Waals surface area contributed by atoms with Gasteiger partial charge in [0.05, 0.1) is 6.61 Å². The van der Waals surface area contributed by atoms with Crippen molar-refractivity contribution in [2.75, 3.05) is 13.7 Å². The maximum absolute atomic E-state index is 10.2. The van der Waals surface area contributed by atoms with Crippen LogP contribution in [-0.4, -0.2) is 19.7 Å². The van der Waals surface area contributed by atoms with E-state index in [0.717, 1.165) is 0 Å². The second-order valence-corrected chi connectivity index (χ2v) is 1.24. The van der Waals surface area contributed by atoms with Crippen molar-refractivity contribution in [1.82, 2.24) is 5.32 Å². The molecule has 0 aliphatic rings. The molecule has 0 saturated carbocycles. The summed E-state index contributed by atoms with van der Waals surface area (Å²) in [6.45, 7) is 3.88. The first-order valence-corrected chi connectivity index (χ1v) is 2.45. The third-order valence-electron chi connectivity index (χ3n) is 0.582. The molecule has 0 bridgehead atoms. The molecule has 0 aromatic rings. The smallest absolute Gasteiger partial charge is 0.406 e. The molecule has 0 fully saturated rings. The van der Waals surface area contributed by atoms with Crippen LogP contribution >= 0.6 is 0 Å². The van der Waals surface area contributed by atoms with Gasteiger partial charge in [0, 0.05) is 7.05 Å². The van der Waals surface area contributed by atoms with Crippen LogP contribution in [0.15, 0.2) is 0 Å². The number of alkyl carbamates (subject to hydrolysis) is 1. The molecule has 0 heterocycles. The van der Waals surface area contributed by atoms with E-state index in [1.165, 1.54) is 7.05 Å². The molecule has 0 rings (SSSR count). The van der Waals surface area contributed by atoms with Crippen LogP contribution in [-0.2, 0) is 4.74 Å². The summed E-state index contributed by atoms with van der Waals surface area (Å²) in [7, 11) is 1.52. The van der Waals surface area contributed by atoms with Crippen molar-refractivity contribution in [3.05, 3.63) is 6.92 Å². The summed E-state index contributed by atoms with van der Waals surface area (Å²) >= 11 is 0. The van der Waals surface area contributed by atoms with E-state index in [9.17, 15) is 4.79 Å². The Morgan fingerprint density at radius 3 is 2.88 bits per heavy atom. The summed E-state index contributed by atoms with van der Waals surface area (Å²) in [5.74, 6) is 0. The monoisotopic (exact) mass is 116 g/mol. The van der Waals surface area contributed by atoms with Gasteiger partial charge in [-0.15, -0.1) is 0 Å². The maximum Gasteiger partial charge on any atom is 0.406 e. The minimum absolute atomic E-state index is 0.389. The van der Waals surface area contributed by atoms with Gasteiger partial charge < -0.3 is 10.1 Å². The van der Waals surface area contributed by atoms with Gasteiger partial charge in [0.2, 0.25) is 0 Å². The van der Waals surface area contributed by atoms with Gasteiger partial charge in [-0.1, -0.05) is 0 Å². The number of carbonyl (C=O) groups excluding carboxylic acids is 1. The van der Waals surface area contributed by atoms with Gasteiger partial charge in [0.1, 0.15) is 0 Å². The van der Waals surface area contributed by atoms with Crippen molar-refractivity contribution in [2.24, 2.45) is 0 Å². The van der Waals surface area contributed by atoms with E-state index < -0.39 is 6.09 Å². The van der Waals surface area contributed by atoms with Crippen LogP contribution in [0.2, 0.25) is 0 Å². The number of amides is 1. The lowest BCUT2D eigenvalue weighted by molar-refractivity contribution is 0.150. The molecule has 47 valence electrons. The molecule has 0 aromatic heterocycles. The standard InChI is InChI=1S/C5H10NO2/c1-3-4-8-5(7)6-2/h1,3-4H2,2H3,(H,6,7). The lowest BCUT2D eigenvalue weighted by Gasteiger charge is -1.98. The van der Waals surface area contributed by atoms with Crippen molar-refractivity contribution < 1.29 is 9.53 Å². The fraction of sp³-hybridized carbons (Fsp3) is 0.600. The SMILES string of the molecule is [CH2]CCOC(=O)NC. The highest BCUT2D eigenvalue weighted by Crippen LogP contribution is 1.78. The van der Waals surface area contributed by atoms with Gasteiger partial charge in [-0.05, 0) is 13.3 Å². The van der Waals surface area contributed by atoms with E-state index in [1.807, 2.05) is 0 Å². The zero-order chi connectivity index (χ0) is 6.41. The van der Waals surface area contributed by atoms with Gasteiger partial charge in [0.15, 0.2) is 0 Å². The highest BCUT2D eigenvalue weighted by Gasteiger charge is 1.91. The fourth-order valence-corrected chi connectivity index (χ4v) is 0.237. The average Bonchev–Trinajstić information content (AvgIpc) is 1.83. The number of hydrogen-bond donors (Lipinski definition) is 1. The first-order chi connectivity index (χ1) is 3.81. The van der Waals surface area contributed by atoms with Crippen molar-refractivity contribution in [2.45, 2.75) is 6.42 Å². The van der Waals surface area contributed by atoms with Gasteiger partial charge in [-0.25, -0.2) is 4.79 Å². The quantitative estimate of drug-likeness (QED) is 0.572. The molecule has 0 saturated heterocycles. The molecular formula is C5H10NO2. The Morgan fingerprint density at radius 2 is 2.50 bits per heavy atom. The first-order valence-electron chi connectivity index (χ1n) is 2.45. The maximum atomic E-state index is 10.2. The Balaban J connectivity index is 2.99. The highest BCUT2D eigenvalue weighted by atomic mass is 16.5. The van der Waals surface area contributed by atoms with Crippen LogP contribution < -0.4 is 5.32 Å². The summed E-state index contributed by atoms with van der Waals surface area (Å²) < 4.78 is 4.53. The van der Waals surface area contributed by atoms with Crippen LogP contribution in [0.1, 0.15) is 6.42 Å². The van der Waals surface area contributed by atoms with E-state index in [0.29, 0.717) is 13.0 Å². The number of carbonyl (C=O) groups is 1. The Morgan fingerprint density at radius 1 is 1.88 bits per heavy atom. The molecular weight excluding hydrogens is 106 g/mol. The average molecular weight is 116 g/mol. The van der Waals surface area contributed by atoms with Gasteiger partial charge in [-0.2, -0.15) is 0 Å². The van der Waals surface area contributed by atoms with E-state index in [4.69, 9.17) is 0 Å². The molecule has 0 atom stereocenters. The molecule has 0 aliphatic heterocycles. The second kappa shape index (κ2) is 4.43. The summed E-state index contributed by atoms with van der Waals surface area (Å²) in [5, 5.41) is 2.31. The molecule has 8 heavy (non-hydrogen) atoms. The summed E-state index contributed by atoms with van der Waals surface area (Å²) in [4.78, 5) is 10.2. The van der Waals surface area contributed by atoms with Crippen LogP contribution in [0.4, 0.5) is 4.79 Å². The van der Waals surface area contributed by atoms with Gasteiger partial charge in [-0.3, -0.25) is 0 Å². The number of rotatable bonds is 2. The number of ether oxygens (including phenoxy) is 1. The van der Waals surface area contributed by atoms with E-state index >= 15 is 0 Å². The Hall–Kier alpha value is -0.730. The predicted molar refractivity (Wildman–Crippen MR) is 30.4 cm³/mol. The van der Waals surface area contributed by atoms with Crippen molar-refractivity contribution >= 4 is 6.09 Å². The van der Waals surface area contributed by atoms with Gasteiger partial charge in [0.25, 0.3) is 0 Å². The Labute approximate surface area is 49.0 Å². The topological polar surface area (TPSA) is 38.3 Å². The third kappa shape index (κ3) is 3.46. The molecule has 1 N–H and O–H groups in total. The van der Waals surface area contributed by atoms with Crippen molar-refractivity contribution in [3.63, 3.8) is 0 Å². The predicted octanol–water partition coefficient (Wildman–Crippen LogP) is 0.567. The fourth-order valence-electron chi connectivity index (χ4n) is 0.237.